The number of aliphatic hydroxyl groups excluding tert-OH is 1. The van der Waals surface area contributed by atoms with Gasteiger partial charge in [0, 0.05) is 29.4 Å². The molecule has 0 bridgehead atoms. The first kappa shape index (κ1) is 16.7. The number of hydrogen-bond acceptors (Lipinski definition) is 6. The zero-order valence-electron chi connectivity index (χ0n) is 13.6. The molecule has 128 valence electrons. The van der Waals surface area contributed by atoms with Crippen LogP contribution in [0.2, 0.25) is 0 Å². The Morgan fingerprint density at radius 2 is 2.08 bits per heavy atom. The van der Waals surface area contributed by atoms with Gasteiger partial charge >= 0.3 is 5.63 Å². The molecule has 0 saturated carbocycles. The van der Waals surface area contributed by atoms with E-state index in [1.54, 1.807) is 36.5 Å². The van der Waals surface area contributed by atoms with Gasteiger partial charge in [0.25, 0.3) is 0 Å². The number of nitrogens with zero attached hydrogens (tertiary/aromatic N) is 1. The standard InChI is InChI=1S/C18H17N3O4/c1-11-6-18(24)25-15-8-13(2-3-14(11)15)21-17(23)9-20-16-7-12(10-22)4-5-19-16/h2-8,22H,9-10H2,1H3,(H,19,20)(H,21,23). The minimum atomic E-state index is -0.426. The molecule has 7 nitrogen and oxygen atoms in total. The molecule has 0 aliphatic carbocycles. The van der Waals surface area contributed by atoms with E-state index in [0.717, 1.165) is 10.9 Å². The average Bonchev–Trinajstić information content (AvgIpc) is 2.59. The van der Waals surface area contributed by atoms with Gasteiger partial charge in [0.1, 0.15) is 11.4 Å². The van der Waals surface area contributed by atoms with Gasteiger partial charge in [-0.25, -0.2) is 9.78 Å². The summed E-state index contributed by atoms with van der Waals surface area (Å²) in [6.45, 7) is 1.75. The van der Waals surface area contributed by atoms with Crippen LogP contribution in [0.25, 0.3) is 11.0 Å². The van der Waals surface area contributed by atoms with Crippen molar-refractivity contribution in [3.63, 3.8) is 0 Å². The van der Waals surface area contributed by atoms with Crippen LogP contribution >= 0.6 is 0 Å². The lowest BCUT2D eigenvalue weighted by atomic mass is 10.1. The van der Waals surface area contributed by atoms with Crippen molar-refractivity contribution >= 4 is 28.4 Å². The molecule has 0 aliphatic rings. The third-order valence-electron chi connectivity index (χ3n) is 3.67. The van der Waals surface area contributed by atoms with E-state index < -0.39 is 5.63 Å². The normalized spacial score (nSPS) is 10.6. The Kier molecular flexibility index (Phi) is 4.76. The molecule has 7 heteroatoms. The Labute approximate surface area is 143 Å². The SMILES string of the molecule is Cc1cc(=O)oc2cc(NC(=O)CNc3cc(CO)ccn3)ccc12. The molecule has 0 radical (unpaired) electrons. The van der Waals surface area contributed by atoms with E-state index in [4.69, 9.17) is 9.52 Å². The summed E-state index contributed by atoms with van der Waals surface area (Å²) >= 11 is 0. The number of aromatic nitrogens is 1. The van der Waals surface area contributed by atoms with Crippen molar-refractivity contribution in [2.45, 2.75) is 13.5 Å². The average molecular weight is 339 g/mol. The summed E-state index contributed by atoms with van der Waals surface area (Å²) in [7, 11) is 0. The second kappa shape index (κ2) is 7.14. The molecule has 2 heterocycles. The Balaban J connectivity index is 1.68. The number of carbonyl (C=O) groups excluding carboxylic acids is 1. The lowest BCUT2D eigenvalue weighted by Gasteiger charge is -2.09. The number of pyridine rings is 1. The number of fused-ring (bicyclic) bond motifs is 1. The van der Waals surface area contributed by atoms with Crippen molar-refractivity contribution < 1.29 is 14.3 Å². The van der Waals surface area contributed by atoms with Gasteiger partial charge in [0.2, 0.25) is 5.91 Å². The number of amides is 1. The first-order valence-corrected chi connectivity index (χ1v) is 7.69. The van der Waals surface area contributed by atoms with E-state index in [2.05, 4.69) is 15.6 Å². The van der Waals surface area contributed by atoms with Gasteiger partial charge in [0.05, 0.1) is 13.2 Å². The van der Waals surface area contributed by atoms with Gasteiger partial charge in [0.15, 0.2) is 0 Å². The first-order valence-electron chi connectivity index (χ1n) is 7.69. The van der Waals surface area contributed by atoms with E-state index in [-0.39, 0.29) is 19.1 Å². The molecule has 3 aromatic rings. The quantitative estimate of drug-likeness (QED) is 0.615. The highest BCUT2D eigenvalue weighted by Gasteiger charge is 2.07. The van der Waals surface area contributed by atoms with Crippen molar-refractivity contribution in [2.24, 2.45) is 0 Å². The number of carbonyl (C=O) groups is 1. The minimum Gasteiger partial charge on any atom is -0.423 e. The maximum absolute atomic E-state index is 12.1. The fourth-order valence-corrected chi connectivity index (χ4v) is 2.45. The summed E-state index contributed by atoms with van der Waals surface area (Å²) in [4.78, 5) is 27.6. The van der Waals surface area contributed by atoms with E-state index >= 15 is 0 Å². The zero-order valence-corrected chi connectivity index (χ0v) is 13.6. The van der Waals surface area contributed by atoms with Gasteiger partial charge in [-0.05, 0) is 42.3 Å². The van der Waals surface area contributed by atoms with Crippen LogP contribution < -0.4 is 16.3 Å². The first-order chi connectivity index (χ1) is 12.0. The second-order valence-corrected chi connectivity index (χ2v) is 5.57. The number of rotatable bonds is 5. The van der Waals surface area contributed by atoms with Crippen LogP contribution in [0.1, 0.15) is 11.1 Å². The number of nitrogens with one attached hydrogen (secondary N) is 2. The third-order valence-corrected chi connectivity index (χ3v) is 3.67. The lowest BCUT2D eigenvalue weighted by molar-refractivity contribution is -0.114. The lowest BCUT2D eigenvalue weighted by Crippen LogP contribution is -2.22. The smallest absolute Gasteiger partial charge is 0.336 e. The number of anilines is 2. The number of aliphatic hydroxyl groups is 1. The zero-order chi connectivity index (χ0) is 17.8. The summed E-state index contributed by atoms with van der Waals surface area (Å²) in [5.74, 6) is 0.229. The van der Waals surface area contributed by atoms with Gasteiger partial charge in [-0.1, -0.05) is 0 Å². The number of benzene rings is 1. The fourth-order valence-electron chi connectivity index (χ4n) is 2.45. The van der Waals surface area contributed by atoms with Gasteiger partial charge in [-0.15, -0.1) is 0 Å². The molecular weight excluding hydrogens is 322 g/mol. The van der Waals surface area contributed by atoms with E-state index in [1.807, 2.05) is 6.92 Å². The summed E-state index contributed by atoms with van der Waals surface area (Å²) < 4.78 is 5.16. The maximum Gasteiger partial charge on any atom is 0.336 e. The molecule has 1 aromatic carbocycles. The van der Waals surface area contributed by atoms with Crippen molar-refractivity contribution in [3.8, 4) is 0 Å². The number of hydrogen-bond donors (Lipinski definition) is 3. The molecule has 3 rings (SSSR count). The predicted molar refractivity (Wildman–Crippen MR) is 94.5 cm³/mol. The van der Waals surface area contributed by atoms with Crippen LogP contribution in [-0.2, 0) is 11.4 Å². The minimum absolute atomic E-state index is 0.0116. The van der Waals surface area contributed by atoms with E-state index in [0.29, 0.717) is 22.7 Å². The highest BCUT2D eigenvalue weighted by molar-refractivity contribution is 5.95. The van der Waals surface area contributed by atoms with Crippen LogP contribution in [-0.4, -0.2) is 22.5 Å². The van der Waals surface area contributed by atoms with Crippen molar-refractivity contribution in [2.75, 3.05) is 17.2 Å². The van der Waals surface area contributed by atoms with Gasteiger partial charge in [-0.2, -0.15) is 0 Å². The predicted octanol–water partition coefficient (Wildman–Crippen LogP) is 2.04. The Morgan fingerprint density at radius 1 is 1.24 bits per heavy atom. The Morgan fingerprint density at radius 3 is 2.88 bits per heavy atom. The topological polar surface area (TPSA) is 104 Å². The molecule has 25 heavy (non-hydrogen) atoms. The molecule has 0 aliphatic heterocycles. The molecule has 1 amide bonds. The van der Waals surface area contributed by atoms with Crippen molar-refractivity contribution in [3.05, 3.63) is 64.1 Å². The van der Waals surface area contributed by atoms with Crippen LogP contribution in [0, 0.1) is 6.92 Å². The molecule has 0 atom stereocenters. The molecule has 0 fully saturated rings. The van der Waals surface area contributed by atoms with Crippen LogP contribution in [0.3, 0.4) is 0 Å². The molecule has 0 unspecified atom stereocenters. The van der Waals surface area contributed by atoms with Crippen LogP contribution in [0.4, 0.5) is 11.5 Å². The molecule has 0 saturated heterocycles. The third kappa shape index (κ3) is 4.02. The monoisotopic (exact) mass is 339 g/mol. The van der Waals surface area contributed by atoms with Crippen molar-refractivity contribution in [1.29, 1.82) is 0 Å². The maximum atomic E-state index is 12.1. The Hall–Kier alpha value is -3.19. The molecule has 2 aromatic heterocycles. The summed E-state index contributed by atoms with van der Waals surface area (Å²) in [5.41, 5.74) is 2.06. The highest BCUT2D eigenvalue weighted by atomic mass is 16.4. The summed E-state index contributed by atoms with van der Waals surface area (Å²) in [6, 6.07) is 9.95. The largest absolute Gasteiger partial charge is 0.423 e. The van der Waals surface area contributed by atoms with E-state index in [1.165, 1.54) is 6.07 Å². The van der Waals surface area contributed by atoms with Gasteiger partial charge in [-0.3, -0.25) is 4.79 Å². The summed E-state index contributed by atoms with van der Waals surface area (Å²) in [5, 5.41) is 15.5. The van der Waals surface area contributed by atoms with E-state index in [9.17, 15) is 9.59 Å². The fraction of sp³-hybridized carbons (Fsp3) is 0.167. The molecule has 0 spiro atoms. The second-order valence-electron chi connectivity index (χ2n) is 5.57. The van der Waals surface area contributed by atoms with Crippen LogP contribution in [0.15, 0.2) is 51.8 Å². The number of aryl methyl sites for hydroxylation is 1. The molecular formula is C18H17N3O4. The highest BCUT2D eigenvalue weighted by Crippen LogP contribution is 2.20. The van der Waals surface area contributed by atoms with Crippen molar-refractivity contribution in [1.82, 2.24) is 4.98 Å². The molecule has 3 N–H and O–H groups in total. The summed E-state index contributed by atoms with van der Waals surface area (Å²) in [6.07, 6.45) is 1.56. The van der Waals surface area contributed by atoms with Gasteiger partial charge < -0.3 is 20.2 Å². The van der Waals surface area contributed by atoms with Crippen LogP contribution in [0.5, 0.6) is 0 Å². The Bertz CT molecular complexity index is 981.